The predicted octanol–water partition coefficient (Wildman–Crippen LogP) is 1.35. The van der Waals surface area contributed by atoms with Crippen LogP contribution < -0.4 is 5.73 Å². The van der Waals surface area contributed by atoms with E-state index < -0.39 is 0 Å². The van der Waals surface area contributed by atoms with Gasteiger partial charge in [-0.25, -0.2) is 4.79 Å². The highest BCUT2D eigenvalue weighted by Crippen LogP contribution is 2.26. The van der Waals surface area contributed by atoms with Crippen LogP contribution in [0.4, 0.5) is 0 Å². The molecule has 0 saturated carbocycles. The molecule has 0 aliphatic heterocycles. The van der Waals surface area contributed by atoms with E-state index in [4.69, 9.17) is 10.5 Å². The zero-order valence-electron chi connectivity index (χ0n) is 9.41. The van der Waals surface area contributed by atoms with Crippen molar-refractivity contribution in [1.82, 2.24) is 0 Å². The van der Waals surface area contributed by atoms with Gasteiger partial charge < -0.3 is 15.2 Å². The topological polar surface area (TPSA) is 61.5 Å². The number of carbonyl (C=O) groups is 1. The predicted molar refractivity (Wildman–Crippen MR) is 57.1 cm³/mol. The van der Waals surface area contributed by atoms with Crippen LogP contribution in [0.1, 0.15) is 32.6 Å². The molecule has 1 aliphatic carbocycles. The third-order valence-electron chi connectivity index (χ3n) is 2.60. The maximum Gasteiger partial charge on any atom is 0.335 e. The maximum absolute atomic E-state index is 11.3. The van der Waals surface area contributed by atoms with Crippen molar-refractivity contribution in [3.8, 4) is 0 Å². The lowest BCUT2D eigenvalue weighted by molar-refractivity contribution is -0.136. The molecular weight excluding hydrogens is 194 g/mol. The molecule has 0 bridgehead atoms. The van der Waals surface area contributed by atoms with Crippen molar-refractivity contribution in [2.24, 2.45) is 5.73 Å². The number of unbranched alkanes of at least 4 members (excludes halogenated alkanes) is 1. The third-order valence-corrected chi connectivity index (χ3v) is 2.60. The van der Waals surface area contributed by atoms with Gasteiger partial charge in [0.1, 0.15) is 0 Å². The molecule has 1 aliphatic rings. The lowest BCUT2D eigenvalue weighted by Gasteiger charge is -2.12. The van der Waals surface area contributed by atoms with E-state index in [0.29, 0.717) is 24.3 Å². The number of methoxy groups -OCH3 is 1. The normalized spacial score (nSPS) is 20.8. The molecule has 1 atom stereocenters. The molecular formula is C11H19NO3. The van der Waals surface area contributed by atoms with Gasteiger partial charge in [-0.05, 0) is 19.3 Å². The van der Waals surface area contributed by atoms with Gasteiger partial charge in [0.25, 0.3) is 0 Å². The van der Waals surface area contributed by atoms with Crippen LogP contribution in [0.5, 0.6) is 0 Å². The Bertz CT molecular complexity index is 261. The monoisotopic (exact) mass is 213 g/mol. The van der Waals surface area contributed by atoms with Crippen LogP contribution in [0.3, 0.4) is 0 Å². The molecule has 4 nitrogen and oxygen atoms in total. The minimum Gasteiger partial charge on any atom is -0.466 e. The fourth-order valence-electron chi connectivity index (χ4n) is 1.66. The fourth-order valence-corrected chi connectivity index (χ4v) is 1.66. The Morgan fingerprint density at radius 2 is 2.33 bits per heavy atom. The molecule has 1 unspecified atom stereocenters. The summed E-state index contributed by atoms with van der Waals surface area (Å²) in [5.41, 5.74) is 6.97. The molecule has 0 aromatic carbocycles. The van der Waals surface area contributed by atoms with Gasteiger partial charge in [-0.15, -0.1) is 0 Å². The lowest BCUT2D eigenvalue weighted by Crippen LogP contribution is -2.20. The third kappa shape index (κ3) is 2.96. The second-order valence-electron chi connectivity index (χ2n) is 3.68. The first-order valence-corrected chi connectivity index (χ1v) is 5.39. The number of hydrogen-bond acceptors (Lipinski definition) is 4. The van der Waals surface area contributed by atoms with E-state index in [1.54, 1.807) is 0 Å². The van der Waals surface area contributed by atoms with Crippen molar-refractivity contribution in [2.75, 3.05) is 13.7 Å². The molecule has 86 valence electrons. The van der Waals surface area contributed by atoms with Crippen molar-refractivity contribution >= 4 is 5.97 Å². The fraction of sp³-hybridized carbons (Fsp3) is 0.727. The van der Waals surface area contributed by atoms with Gasteiger partial charge in [0.15, 0.2) is 0 Å². The minimum absolute atomic E-state index is 0.0920. The molecule has 0 aromatic heterocycles. The average Bonchev–Trinajstić information content (AvgIpc) is 2.60. The van der Waals surface area contributed by atoms with Crippen LogP contribution in [0, 0.1) is 0 Å². The number of carbonyl (C=O) groups excluding carboxylic acids is 1. The second kappa shape index (κ2) is 5.75. The molecule has 1 rings (SSSR count). The highest BCUT2D eigenvalue weighted by atomic mass is 16.5. The first kappa shape index (κ1) is 12.0. The summed E-state index contributed by atoms with van der Waals surface area (Å²) in [6.07, 6.45) is 3.48. The Hall–Kier alpha value is -1.03. The summed E-state index contributed by atoms with van der Waals surface area (Å²) >= 11 is 0. The van der Waals surface area contributed by atoms with Gasteiger partial charge in [-0.2, -0.15) is 0 Å². The van der Waals surface area contributed by atoms with Crippen LogP contribution in [0.25, 0.3) is 0 Å². The van der Waals surface area contributed by atoms with Gasteiger partial charge in [-0.3, -0.25) is 0 Å². The summed E-state index contributed by atoms with van der Waals surface area (Å²) < 4.78 is 10.2. The first-order chi connectivity index (χ1) is 7.20. The molecule has 15 heavy (non-hydrogen) atoms. The van der Waals surface area contributed by atoms with E-state index in [-0.39, 0.29) is 12.1 Å². The number of esters is 1. The van der Waals surface area contributed by atoms with Gasteiger partial charge in [0, 0.05) is 12.3 Å². The molecule has 4 heteroatoms. The van der Waals surface area contributed by atoms with Crippen LogP contribution in [-0.4, -0.2) is 25.8 Å². The summed E-state index contributed by atoms with van der Waals surface area (Å²) in [6.45, 7) is 2.81. The number of rotatable bonds is 5. The van der Waals surface area contributed by atoms with Gasteiger partial charge >= 0.3 is 5.97 Å². The Balaban J connectivity index is 2.50. The van der Waals surface area contributed by atoms with Gasteiger partial charge in [-0.1, -0.05) is 13.3 Å². The second-order valence-corrected chi connectivity index (χ2v) is 3.68. The Morgan fingerprint density at radius 1 is 1.60 bits per heavy atom. The van der Waals surface area contributed by atoms with E-state index in [1.807, 2.05) is 0 Å². The van der Waals surface area contributed by atoms with E-state index in [9.17, 15) is 4.79 Å². The quantitative estimate of drug-likeness (QED) is 0.553. The minimum atomic E-state index is -0.325. The van der Waals surface area contributed by atoms with E-state index >= 15 is 0 Å². The van der Waals surface area contributed by atoms with Crippen molar-refractivity contribution < 1.29 is 14.3 Å². The molecule has 0 aromatic rings. The Labute approximate surface area is 90.4 Å². The molecule has 0 fully saturated rings. The largest absolute Gasteiger partial charge is 0.466 e. The van der Waals surface area contributed by atoms with Crippen LogP contribution in [0.2, 0.25) is 0 Å². The Morgan fingerprint density at radius 3 is 2.93 bits per heavy atom. The number of nitrogens with two attached hydrogens (primary N) is 1. The lowest BCUT2D eigenvalue weighted by atomic mass is 10.2. The number of ether oxygens (including phenoxy) is 2. The standard InChI is InChI=1S/C11H19NO3/c1-3-4-7-15-9-6-5-8(10(9)12)11(13)14-2/h9H,3-7,12H2,1-2H3. The summed E-state index contributed by atoms with van der Waals surface area (Å²) in [6, 6.07) is 0. The zero-order chi connectivity index (χ0) is 11.3. The van der Waals surface area contributed by atoms with E-state index in [1.165, 1.54) is 7.11 Å². The van der Waals surface area contributed by atoms with Gasteiger partial charge in [0.2, 0.25) is 0 Å². The van der Waals surface area contributed by atoms with Crippen molar-refractivity contribution in [3.63, 3.8) is 0 Å². The van der Waals surface area contributed by atoms with Crippen LogP contribution in [-0.2, 0) is 14.3 Å². The van der Waals surface area contributed by atoms with Crippen molar-refractivity contribution in [2.45, 2.75) is 38.7 Å². The molecule has 0 saturated heterocycles. The number of hydrogen-bond donors (Lipinski definition) is 1. The summed E-state index contributed by atoms with van der Waals surface area (Å²) in [4.78, 5) is 11.3. The SMILES string of the molecule is CCCCOC1CCC(C(=O)OC)=C1N. The molecule has 0 spiro atoms. The Kier molecular flexibility index (Phi) is 4.62. The summed E-state index contributed by atoms with van der Waals surface area (Å²) in [5, 5.41) is 0. The van der Waals surface area contributed by atoms with Crippen molar-refractivity contribution in [1.29, 1.82) is 0 Å². The zero-order valence-corrected chi connectivity index (χ0v) is 9.41. The molecule has 0 radical (unpaired) electrons. The molecule has 2 N–H and O–H groups in total. The van der Waals surface area contributed by atoms with Gasteiger partial charge in [0.05, 0.1) is 18.8 Å². The van der Waals surface area contributed by atoms with E-state index in [0.717, 1.165) is 19.3 Å². The van der Waals surface area contributed by atoms with E-state index in [2.05, 4.69) is 11.7 Å². The smallest absolute Gasteiger partial charge is 0.335 e. The first-order valence-electron chi connectivity index (χ1n) is 5.39. The molecule has 0 heterocycles. The van der Waals surface area contributed by atoms with Crippen molar-refractivity contribution in [3.05, 3.63) is 11.3 Å². The highest BCUT2D eigenvalue weighted by Gasteiger charge is 2.28. The summed E-state index contributed by atoms with van der Waals surface area (Å²) in [7, 11) is 1.37. The summed E-state index contributed by atoms with van der Waals surface area (Å²) in [5.74, 6) is -0.325. The maximum atomic E-state index is 11.3. The van der Waals surface area contributed by atoms with Crippen LogP contribution in [0.15, 0.2) is 11.3 Å². The molecule has 0 amide bonds. The average molecular weight is 213 g/mol. The van der Waals surface area contributed by atoms with Crippen LogP contribution >= 0.6 is 0 Å². The highest BCUT2D eigenvalue weighted by molar-refractivity contribution is 5.89.